The molecule has 1 unspecified atom stereocenters. The number of benzene rings is 2. The molecule has 7 nitrogen and oxygen atoms in total. The van der Waals surface area contributed by atoms with Crippen molar-refractivity contribution in [3.05, 3.63) is 105 Å². The quantitative estimate of drug-likeness (QED) is 0.213. The number of aryl methyl sites for hydroxylation is 1. The minimum Gasteiger partial charge on any atom is -0.387 e. The van der Waals surface area contributed by atoms with Crippen LogP contribution in [-0.4, -0.2) is 44.4 Å². The van der Waals surface area contributed by atoms with Gasteiger partial charge in [-0.1, -0.05) is 73.6 Å². The highest BCUT2D eigenvalue weighted by Gasteiger charge is 2.35. The lowest BCUT2D eigenvalue weighted by Gasteiger charge is -2.31. The minimum absolute atomic E-state index is 0.162. The lowest BCUT2D eigenvalue weighted by Crippen LogP contribution is -2.40. The maximum absolute atomic E-state index is 13.0. The van der Waals surface area contributed by atoms with Gasteiger partial charge in [-0.25, -0.2) is 4.98 Å². The summed E-state index contributed by atoms with van der Waals surface area (Å²) in [6.45, 7) is 6.36. The van der Waals surface area contributed by atoms with Crippen molar-refractivity contribution in [3.8, 4) is 0 Å². The standard InChI is InChI=1S/C31H30F3N5O2S.C2H6/c1-20-15-28(31(32,33)34)36-39(20)18-29(40)38-13-11-22(12-14-38)30-35-26(19-42-30)25-17-27(41-37-25)24-10-6-5-9-23(24)16-21-7-3-2-4-8-21;1-2/h2-10,15,19,22,27H,11-14,16-18H2,1H3;1-2H3. The van der Waals surface area contributed by atoms with E-state index in [0.29, 0.717) is 25.2 Å². The smallest absolute Gasteiger partial charge is 0.387 e. The summed E-state index contributed by atoms with van der Waals surface area (Å²) in [5, 5.41) is 11.0. The molecule has 1 atom stereocenters. The number of oxime groups is 1. The van der Waals surface area contributed by atoms with Gasteiger partial charge in [-0.15, -0.1) is 11.3 Å². The Morgan fingerprint density at radius 3 is 2.45 bits per heavy atom. The molecular weight excluding hydrogens is 587 g/mol. The number of alkyl halides is 3. The molecule has 0 saturated carbocycles. The number of likely N-dealkylation sites (tertiary alicyclic amines) is 1. The molecule has 0 N–H and O–H groups in total. The van der Waals surface area contributed by atoms with Crippen molar-refractivity contribution < 1.29 is 22.8 Å². The summed E-state index contributed by atoms with van der Waals surface area (Å²) in [5.74, 6) is -0.0226. The van der Waals surface area contributed by atoms with Gasteiger partial charge in [0.25, 0.3) is 0 Å². The van der Waals surface area contributed by atoms with Crippen molar-refractivity contribution in [2.45, 2.75) is 71.2 Å². The molecule has 1 amide bonds. The maximum Gasteiger partial charge on any atom is 0.435 e. The molecule has 44 heavy (non-hydrogen) atoms. The molecule has 0 bridgehead atoms. The summed E-state index contributed by atoms with van der Waals surface area (Å²) in [6, 6.07) is 19.6. The fourth-order valence-corrected chi connectivity index (χ4v) is 6.54. The number of hydrogen-bond donors (Lipinski definition) is 0. The first-order chi connectivity index (χ1) is 21.2. The number of halogens is 3. The van der Waals surface area contributed by atoms with E-state index in [4.69, 9.17) is 9.82 Å². The predicted octanol–water partition coefficient (Wildman–Crippen LogP) is 7.56. The summed E-state index contributed by atoms with van der Waals surface area (Å²) in [6.07, 6.45) is -1.75. The summed E-state index contributed by atoms with van der Waals surface area (Å²) in [5.41, 5.74) is 4.57. The van der Waals surface area contributed by atoms with Gasteiger partial charge in [0, 0.05) is 36.5 Å². The largest absolute Gasteiger partial charge is 0.435 e. The van der Waals surface area contributed by atoms with E-state index in [0.717, 1.165) is 52.0 Å². The fourth-order valence-electron chi connectivity index (χ4n) is 5.54. The van der Waals surface area contributed by atoms with Crippen molar-refractivity contribution in [3.63, 3.8) is 0 Å². The second-order valence-electron chi connectivity index (χ2n) is 10.7. The Hall–Kier alpha value is -3.99. The van der Waals surface area contributed by atoms with Gasteiger partial charge in [-0.2, -0.15) is 18.3 Å². The molecule has 2 aromatic carbocycles. The normalized spacial score (nSPS) is 17.1. The van der Waals surface area contributed by atoms with Crippen LogP contribution in [0, 0.1) is 6.92 Å². The summed E-state index contributed by atoms with van der Waals surface area (Å²) in [4.78, 5) is 25.3. The van der Waals surface area contributed by atoms with E-state index in [1.807, 2.05) is 49.6 Å². The highest BCUT2D eigenvalue weighted by atomic mass is 32.1. The number of piperidine rings is 1. The van der Waals surface area contributed by atoms with Gasteiger partial charge < -0.3 is 9.74 Å². The average molecular weight is 624 g/mol. The topological polar surface area (TPSA) is 72.6 Å². The highest BCUT2D eigenvalue weighted by molar-refractivity contribution is 7.10. The van der Waals surface area contributed by atoms with Crippen molar-refractivity contribution in [1.82, 2.24) is 19.7 Å². The van der Waals surface area contributed by atoms with E-state index in [1.165, 1.54) is 18.1 Å². The predicted molar refractivity (Wildman–Crippen MR) is 165 cm³/mol. The van der Waals surface area contributed by atoms with Crippen molar-refractivity contribution in [2.24, 2.45) is 5.16 Å². The minimum atomic E-state index is -4.53. The molecule has 2 aliphatic heterocycles. The number of aromatic nitrogens is 3. The SMILES string of the molecule is CC.Cc1cc(C(F)(F)F)nn1CC(=O)N1CCC(c2nc(C3=NOC(c4ccccc4Cc4ccccc4)C3)cs2)CC1. The molecular formula is C33H36F3N5O2S. The second-order valence-corrected chi connectivity index (χ2v) is 11.6. The van der Waals surface area contributed by atoms with Crippen LogP contribution in [0.15, 0.2) is 71.2 Å². The molecule has 11 heteroatoms. The van der Waals surface area contributed by atoms with E-state index in [9.17, 15) is 18.0 Å². The Balaban J connectivity index is 0.00000188. The second kappa shape index (κ2) is 13.8. The number of carbonyl (C=O) groups is 1. The molecule has 1 fully saturated rings. The van der Waals surface area contributed by atoms with Crippen molar-refractivity contribution >= 4 is 23.0 Å². The Labute approximate surface area is 259 Å². The van der Waals surface area contributed by atoms with Gasteiger partial charge in [0.05, 0.1) is 10.7 Å². The lowest BCUT2D eigenvalue weighted by atomic mass is 9.94. The fraction of sp³-hybridized carbons (Fsp3) is 0.394. The Morgan fingerprint density at radius 2 is 1.75 bits per heavy atom. The number of rotatable bonds is 7. The first-order valence-corrected chi connectivity index (χ1v) is 15.8. The third-order valence-electron chi connectivity index (χ3n) is 7.88. The van der Waals surface area contributed by atoms with Gasteiger partial charge in [0.15, 0.2) is 11.8 Å². The third kappa shape index (κ3) is 7.20. The van der Waals surface area contributed by atoms with Crippen molar-refractivity contribution in [1.29, 1.82) is 0 Å². The molecule has 232 valence electrons. The molecule has 6 rings (SSSR count). The van der Waals surface area contributed by atoms with Gasteiger partial charge in [-0.05, 0) is 48.9 Å². The van der Waals surface area contributed by atoms with E-state index in [1.54, 1.807) is 16.2 Å². The molecule has 2 aromatic heterocycles. The van der Waals surface area contributed by atoms with Gasteiger partial charge in [0.1, 0.15) is 12.3 Å². The van der Waals surface area contributed by atoms with Gasteiger partial charge >= 0.3 is 6.18 Å². The van der Waals surface area contributed by atoms with Crippen LogP contribution in [0.2, 0.25) is 0 Å². The molecule has 0 radical (unpaired) electrons. The zero-order chi connectivity index (χ0) is 31.3. The van der Waals surface area contributed by atoms with Crippen LogP contribution < -0.4 is 0 Å². The summed E-state index contributed by atoms with van der Waals surface area (Å²) < 4.78 is 40.0. The van der Waals surface area contributed by atoms with Crippen LogP contribution in [0.3, 0.4) is 0 Å². The van der Waals surface area contributed by atoms with Gasteiger partial charge in [0.2, 0.25) is 5.91 Å². The van der Waals surface area contributed by atoms with Crippen LogP contribution >= 0.6 is 11.3 Å². The number of amides is 1. The summed E-state index contributed by atoms with van der Waals surface area (Å²) >= 11 is 1.59. The number of carbonyl (C=O) groups excluding carboxylic acids is 1. The van der Waals surface area contributed by atoms with E-state index >= 15 is 0 Å². The first kappa shape index (κ1) is 31.4. The molecule has 4 heterocycles. The number of hydrogen-bond acceptors (Lipinski definition) is 6. The first-order valence-electron chi connectivity index (χ1n) is 14.9. The molecule has 0 aliphatic carbocycles. The van der Waals surface area contributed by atoms with Crippen LogP contribution in [0.25, 0.3) is 0 Å². The molecule has 0 spiro atoms. The van der Waals surface area contributed by atoms with Crippen LogP contribution in [0.4, 0.5) is 13.2 Å². The molecule has 1 saturated heterocycles. The van der Waals surface area contributed by atoms with Crippen LogP contribution in [0.1, 0.15) is 83.9 Å². The van der Waals surface area contributed by atoms with Gasteiger partial charge in [-0.3, -0.25) is 9.48 Å². The van der Waals surface area contributed by atoms with E-state index < -0.39 is 11.9 Å². The van der Waals surface area contributed by atoms with E-state index in [-0.39, 0.29) is 24.5 Å². The highest BCUT2D eigenvalue weighted by Crippen LogP contribution is 2.35. The monoisotopic (exact) mass is 623 g/mol. The lowest BCUT2D eigenvalue weighted by molar-refractivity contribution is -0.142. The summed E-state index contributed by atoms with van der Waals surface area (Å²) in [7, 11) is 0. The zero-order valence-electron chi connectivity index (χ0n) is 25.1. The Morgan fingerprint density at radius 1 is 1.05 bits per heavy atom. The number of nitrogens with zero attached hydrogens (tertiary/aromatic N) is 5. The maximum atomic E-state index is 13.0. The van der Waals surface area contributed by atoms with Crippen LogP contribution in [0.5, 0.6) is 0 Å². The zero-order valence-corrected chi connectivity index (χ0v) is 25.9. The van der Waals surface area contributed by atoms with E-state index in [2.05, 4.69) is 34.5 Å². The number of thiazole rings is 1. The Bertz CT molecular complexity index is 1590. The average Bonchev–Trinajstić information content (AvgIpc) is 3.80. The van der Waals surface area contributed by atoms with Crippen molar-refractivity contribution in [2.75, 3.05) is 13.1 Å². The van der Waals surface area contributed by atoms with Crippen LogP contribution in [-0.2, 0) is 28.8 Å². The molecule has 2 aliphatic rings. The Kier molecular flexibility index (Phi) is 9.83. The third-order valence-corrected chi connectivity index (χ3v) is 8.89. The molecule has 4 aromatic rings.